The van der Waals surface area contributed by atoms with Crippen LogP contribution in [0.15, 0.2) is 18.2 Å². The number of nitrogens with zero attached hydrogens (tertiary/aromatic N) is 1. The molecular weight excluding hydrogens is 409 g/mol. The van der Waals surface area contributed by atoms with Gasteiger partial charge in [0, 0.05) is 24.8 Å². The number of ether oxygens (including phenoxy) is 1. The average molecular weight is 440 g/mol. The first kappa shape index (κ1) is 21.3. The maximum atomic E-state index is 12.4. The van der Waals surface area contributed by atoms with Gasteiger partial charge in [0.2, 0.25) is 0 Å². The van der Waals surface area contributed by atoms with Crippen molar-refractivity contribution >= 4 is 29.3 Å². The third-order valence-corrected chi connectivity index (χ3v) is 8.16. The molecule has 0 aliphatic heterocycles. The number of alkyl halides is 2. The van der Waals surface area contributed by atoms with Crippen molar-refractivity contribution in [2.24, 2.45) is 17.3 Å². The molecule has 0 aromatic heterocycles. The maximum Gasteiger partial charge on any atom is 0.415 e. The van der Waals surface area contributed by atoms with Gasteiger partial charge in [0.1, 0.15) is 5.75 Å². The van der Waals surface area contributed by atoms with Crippen molar-refractivity contribution in [2.75, 3.05) is 24.8 Å². The van der Waals surface area contributed by atoms with Gasteiger partial charge in [-0.1, -0.05) is 13.0 Å². The minimum Gasteiger partial charge on any atom is -0.410 e. The molecule has 0 bridgehead atoms. The summed E-state index contributed by atoms with van der Waals surface area (Å²) < 4.78 is 5.62. The molecule has 4 nitrogen and oxygen atoms in total. The number of aryl methyl sites for hydroxylation is 1. The van der Waals surface area contributed by atoms with Gasteiger partial charge in [0.05, 0.1) is 6.10 Å². The average Bonchev–Trinajstić information content (AvgIpc) is 3.02. The SMILES string of the molecule is C[C@@]12CC[C@@H]3c4ccc(OC(=O)N(CCCl)CCCl)cc4CC[C@@H]3[C@@H]1CC[C@@H]2O. The van der Waals surface area contributed by atoms with Crippen LogP contribution in [0, 0.1) is 17.3 Å². The van der Waals surface area contributed by atoms with E-state index in [9.17, 15) is 9.90 Å². The van der Waals surface area contributed by atoms with E-state index < -0.39 is 6.09 Å². The van der Waals surface area contributed by atoms with Crippen molar-refractivity contribution in [3.63, 3.8) is 0 Å². The zero-order chi connectivity index (χ0) is 20.6. The summed E-state index contributed by atoms with van der Waals surface area (Å²) in [6, 6.07) is 6.13. The summed E-state index contributed by atoms with van der Waals surface area (Å²) in [7, 11) is 0. The van der Waals surface area contributed by atoms with Gasteiger partial charge < -0.3 is 14.7 Å². The summed E-state index contributed by atoms with van der Waals surface area (Å²) >= 11 is 11.6. The molecule has 2 saturated carbocycles. The number of carbonyl (C=O) groups excluding carboxylic acids is 1. The van der Waals surface area contributed by atoms with E-state index in [1.165, 1.54) is 11.1 Å². The number of halogens is 2. The third-order valence-electron chi connectivity index (χ3n) is 7.82. The molecule has 0 spiro atoms. The van der Waals surface area contributed by atoms with Crippen LogP contribution in [0.3, 0.4) is 0 Å². The normalized spacial score (nSPS) is 32.8. The summed E-state index contributed by atoms with van der Waals surface area (Å²) in [4.78, 5) is 14.0. The van der Waals surface area contributed by atoms with Gasteiger partial charge in [-0.05, 0) is 85.0 Å². The Morgan fingerprint density at radius 1 is 1.21 bits per heavy atom. The highest BCUT2D eigenvalue weighted by Crippen LogP contribution is 2.60. The molecule has 0 saturated heterocycles. The molecule has 4 rings (SSSR count). The molecule has 3 aliphatic rings. The number of aliphatic hydroxyl groups is 1. The first-order chi connectivity index (χ1) is 14.0. The molecule has 2 fully saturated rings. The highest BCUT2D eigenvalue weighted by Gasteiger charge is 2.54. The minimum absolute atomic E-state index is 0.0996. The molecule has 0 radical (unpaired) electrons. The lowest BCUT2D eigenvalue weighted by atomic mass is 9.55. The van der Waals surface area contributed by atoms with Crippen LogP contribution in [0.4, 0.5) is 4.79 Å². The van der Waals surface area contributed by atoms with Crippen molar-refractivity contribution < 1.29 is 14.6 Å². The van der Waals surface area contributed by atoms with E-state index in [2.05, 4.69) is 13.0 Å². The molecule has 1 N–H and O–H groups in total. The standard InChI is InChI=1S/C23H31Cl2NO3/c1-23-9-8-18-17-5-3-16(29-22(28)26(12-10-24)13-11-25)14-15(17)2-4-19(18)20(23)6-7-21(23)27/h3,5,14,18-21,27H,2,4,6-13H2,1H3/t18-,19+,20+,21+,23-/m1/s1. The molecule has 6 heteroatoms. The third kappa shape index (κ3) is 3.88. The topological polar surface area (TPSA) is 49.8 Å². The Balaban J connectivity index is 1.49. The van der Waals surface area contributed by atoms with E-state index in [-0.39, 0.29) is 11.5 Å². The second-order valence-corrected chi connectivity index (χ2v) is 9.90. The molecule has 1 amide bonds. The van der Waals surface area contributed by atoms with E-state index in [1.54, 1.807) is 4.90 Å². The number of aliphatic hydroxyl groups excluding tert-OH is 1. The van der Waals surface area contributed by atoms with Crippen molar-refractivity contribution in [3.8, 4) is 5.75 Å². The number of amides is 1. The number of carbonyl (C=O) groups is 1. The molecule has 29 heavy (non-hydrogen) atoms. The predicted molar refractivity (Wildman–Crippen MR) is 116 cm³/mol. The second-order valence-electron chi connectivity index (χ2n) is 9.15. The number of rotatable bonds is 5. The van der Waals surface area contributed by atoms with Gasteiger partial charge in [0.15, 0.2) is 0 Å². The van der Waals surface area contributed by atoms with Crippen molar-refractivity contribution in [3.05, 3.63) is 29.3 Å². The number of benzene rings is 1. The zero-order valence-electron chi connectivity index (χ0n) is 17.1. The molecule has 160 valence electrons. The van der Waals surface area contributed by atoms with Gasteiger partial charge in [-0.25, -0.2) is 4.79 Å². The van der Waals surface area contributed by atoms with Gasteiger partial charge in [-0.15, -0.1) is 23.2 Å². The van der Waals surface area contributed by atoms with Crippen LogP contribution in [0.1, 0.15) is 56.1 Å². The van der Waals surface area contributed by atoms with Gasteiger partial charge in [0.25, 0.3) is 0 Å². The number of fused-ring (bicyclic) bond motifs is 5. The van der Waals surface area contributed by atoms with Crippen LogP contribution >= 0.6 is 23.2 Å². The van der Waals surface area contributed by atoms with E-state index in [1.807, 2.05) is 12.1 Å². The Hall–Kier alpha value is -0.970. The summed E-state index contributed by atoms with van der Waals surface area (Å²) in [5, 5.41) is 10.5. The lowest BCUT2D eigenvalue weighted by Gasteiger charge is -2.50. The van der Waals surface area contributed by atoms with Crippen LogP contribution in [0.25, 0.3) is 0 Å². The first-order valence-corrected chi connectivity index (χ1v) is 11.9. The molecule has 0 heterocycles. The molecule has 1 aromatic rings. The zero-order valence-corrected chi connectivity index (χ0v) is 18.6. The fraction of sp³-hybridized carbons (Fsp3) is 0.696. The van der Waals surface area contributed by atoms with E-state index in [4.69, 9.17) is 27.9 Å². The Kier molecular flexibility index (Phi) is 6.34. The van der Waals surface area contributed by atoms with Crippen molar-refractivity contribution in [1.82, 2.24) is 4.90 Å². The first-order valence-electron chi connectivity index (χ1n) is 10.9. The van der Waals surface area contributed by atoms with Crippen molar-refractivity contribution in [2.45, 2.75) is 57.5 Å². The fourth-order valence-electron chi connectivity index (χ4n) is 6.26. The van der Waals surface area contributed by atoms with E-state index in [0.29, 0.717) is 48.4 Å². The Morgan fingerprint density at radius 2 is 1.97 bits per heavy atom. The fourth-order valence-corrected chi connectivity index (χ4v) is 6.67. The Bertz CT molecular complexity index is 752. The molecule has 0 unspecified atom stereocenters. The Morgan fingerprint density at radius 3 is 2.69 bits per heavy atom. The van der Waals surface area contributed by atoms with Crippen LogP contribution in [-0.4, -0.2) is 47.1 Å². The number of hydrogen-bond acceptors (Lipinski definition) is 3. The maximum absolute atomic E-state index is 12.4. The Labute approximate surface area is 183 Å². The quantitative estimate of drug-likeness (QED) is 0.642. The van der Waals surface area contributed by atoms with Crippen molar-refractivity contribution in [1.29, 1.82) is 0 Å². The largest absolute Gasteiger partial charge is 0.415 e. The minimum atomic E-state index is -0.395. The number of hydrogen-bond donors (Lipinski definition) is 1. The lowest BCUT2D eigenvalue weighted by molar-refractivity contribution is -0.0226. The summed E-state index contributed by atoms with van der Waals surface area (Å²) in [6.07, 6.45) is 5.98. The molecule has 5 atom stereocenters. The van der Waals surface area contributed by atoms with Crippen LogP contribution < -0.4 is 4.74 Å². The summed E-state index contributed by atoms with van der Waals surface area (Å²) in [5.41, 5.74) is 2.82. The smallest absolute Gasteiger partial charge is 0.410 e. The van der Waals surface area contributed by atoms with Crippen LogP contribution in [0.2, 0.25) is 0 Å². The van der Waals surface area contributed by atoms with Crippen LogP contribution in [-0.2, 0) is 6.42 Å². The van der Waals surface area contributed by atoms with E-state index >= 15 is 0 Å². The lowest BCUT2D eigenvalue weighted by Crippen LogP contribution is -2.43. The molecule has 3 aliphatic carbocycles. The molecule has 1 aromatic carbocycles. The monoisotopic (exact) mass is 439 g/mol. The second kappa shape index (κ2) is 8.64. The summed E-state index contributed by atoms with van der Waals surface area (Å²) in [5.74, 6) is 3.16. The summed E-state index contributed by atoms with van der Waals surface area (Å²) in [6.45, 7) is 3.15. The predicted octanol–water partition coefficient (Wildman–Crippen LogP) is 5.18. The highest BCUT2D eigenvalue weighted by atomic mass is 35.5. The van der Waals surface area contributed by atoms with Gasteiger partial charge in [-0.2, -0.15) is 0 Å². The van der Waals surface area contributed by atoms with Gasteiger partial charge in [-0.3, -0.25) is 0 Å². The molecular formula is C23H31Cl2NO3. The van der Waals surface area contributed by atoms with Gasteiger partial charge >= 0.3 is 6.09 Å². The highest BCUT2D eigenvalue weighted by molar-refractivity contribution is 6.18. The van der Waals surface area contributed by atoms with Crippen LogP contribution in [0.5, 0.6) is 5.75 Å². The van der Waals surface area contributed by atoms with E-state index in [0.717, 1.165) is 38.5 Å².